The molecule has 0 atom stereocenters. The quantitative estimate of drug-likeness (QED) is 0.202. The van der Waals surface area contributed by atoms with Gasteiger partial charge in [-0.25, -0.2) is 4.79 Å². The fourth-order valence-corrected chi connectivity index (χ4v) is 3.63. The molecule has 1 aromatic carbocycles. The van der Waals surface area contributed by atoms with Gasteiger partial charge in [0.05, 0.1) is 4.88 Å². The molecule has 0 aliphatic heterocycles. The number of unbranched alkanes of at least 4 members (excludes halogenated alkanes) is 2. The molecule has 0 fully saturated rings. The molecule has 2 aromatic heterocycles. The third-order valence-electron chi connectivity index (χ3n) is 4.02. The van der Waals surface area contributed by atoms with Gasteiger partial charge in [0, 0.05) is 22.4 Å². The smallest absolute Gasteiger partial charge is 0.333 e. The van der Waals surface area contributed by atoms with Crippen molar-refractivity contribution in [2.45, 2.75) is 32.6 Å². The van der Waals surface area contributed by atoms with E-state index in [0.29, 0.717) is 5.75 Å². The molecule has 0 saturated carbocycles. The standard InChI is InChI=1S/C21H22O4S/c1-3-5-6-7-17-10-11-20(26-17)19-12-15-8-9-16(13-18(15)25-19)23-14-24-21(22)4-2/h4,8-13H,2-3,5-7,14H2,1H3. The molecule has 0 aliphatic carbocycles. The molecule has 3 rings (SSSR count). The highest BCUT2D eigenvalue weighted by molar-refractivity contribution is 7.15. The predicted octanol–water partition coefficient (Wildman–Crippen LogP) is 5.96. The summed E-state index contributed by atoms with van der Waals surface area (Å²) in [7, 11) is 0. The van der Waals surface area contributed by atoms with E-state index in [1.165, 1.54) is 24.1 Å². The molecule has 4 nitrogen and oxygen atoms in total. The summed E-state index contributed by atoms with van der Waals surface area (Å²) in [5.41, 5.74) is 0.744. The van der Waals surface area contributed by atoms with Crippen LogP contribution in [-0.4, -0.2) is 12.8 Å². The number of hydrogen-bond acceptors (Lipinski definition) is 5. The van der Waals surface area contributed by atoms with Crippen molar-refractivity contribution in [3.63, 3.8) is 0 Å². The Labute approximate surface area is 157 Å². The van der Waals surface area contributed by atoms with Crippen LogP contribution in [0.4, 0.5) is 0 Å². The Balaban J connectivity index is 1.69. The molecule has 0 radical (unpaired) electrons. The zero-order valence-corrected chi connectivity index (χ0v) is 15.6. The molecular formula is C21H22O4S. The molecular weight excluding hydrogens is 348 g/mol. The zero-order valence-electron chi connectivity index (χ0n) is 14.8. The number of ether oxygens (including phenoxy) is 2. The lowest BCUT2D eigenvalue weighted by Gasteiger charge is -2.05. The number of rotatable bonds is 9. The van der Waals surface area contributed by atoms with Crippen LogP contribution in [0.3, 0.4) is 0 Å². The van der Waals surface area contributed by atoms with E-state index in [9.17, 15) is 4.79 Å². The van der Waals surface area contributed by atoms with Crippen molar-refractivity contribution in [1.29, 1.82) is 0 Å². The van der Waals surface area contributed by atoms with Crippen molar-refractivity contribution in [1.82, 2.24) is 0 Å². The third-order valence-corrected chi connectivity index (χ3v) is 5.18. The maximum atomic E-state index is 11.0. The molecule has 0 amide bonds. The van der Waals surface area contributed by atoms with E-state index in [2.05, 4.69) is 25.6 Å². The van der Waals surface area contributed by atoms with Gasteiger partial charge >= 0.3 is 5.97 Å². The van der Waals surface area contributed by atoms with E-state index < -0.39 is 5.97 Å². The number of carbonyl (C=O) groups is 1. The van der Waals surface area contributed by atoms with Crippen LogP contribution in [0.1, 0.15) is 31.1 Å². The Morgan fingerprint density at radius 2 is 2.12 bits per heavy atom. The van der Waals surface area contributed by atoms with Crippen LogP contribution < -0.4 is 4.74 Å². The van der Waals surface area contributed by atoms with Gasteiger partial charge in [0.15, 0.2) is 0 Å². The van der Waals surface area contributed by atoms with E-state index in [4.69, 9.17) is 13.9 Å². The van der Waals surface area contributed by atoms with Crippen molar-refractivity contribution in [2.75, 3.05) is 6.79 Å². The molecule has 0 unspecified atom stereocenters. The Morgan fingerprint density at radius 3 is 2.92 bits per heavy atom. The second-order valence-electron chi connectivity index (χ2n) is 5.96. The molecule has 2 heterocycles. The summed E-state index contributed by atoms with van der Waals surface area (Å²) in [5.74, 6) is 0.933. The topological polar surface area (TPSA) is 48.7 Å². The predicted molar refractivity (Wildman–Crippen MR) is 105 cm³/mol. The van der Waals surface area contributed by atoms with E-state index in [1.807, 2.05) is 18.2 Å². The summed E-state index contributed by atoms with van der Waals surface area (Å²) in [4.78, 5) is 13.5. The number of aryl methyl sites for hydroxylation is 1. The summed E-state index contributed by atoms with van der Waals surface area (Å²) in [6.07, 6.45) is 5.96. The molecule has 5 heteroatoms. The fraction of sp³-hybridized carbons (Fsp3) is 0.286. The minimum Gasteiger partial charge on any atom is -0.457 e. The van der Waals surface area contributed by atoms with Crippen molar-refractivity contribution >= 4 is 28.3 Å². The molecule has 136 valence electrons. The molecule has 26 heavy (non-hydrogen) atoms. The van der Waals surface area contributed by atoms with E-state index in [0.717, 1.165) is 34.1 Å². The number of furan rings is 1. The summed E-state index contributed by atoms with van der Waals surface area (Å²) < 4.78 is 16.2. The first-order valence-corrected chi connectivity index (χ1v) is 9.56. The Morgan fingerprint density at radius 1 is 1.23 bits per heavy atom. The maximum absolute atomic E-state index is 11.0. The lowest BCUT2D eigenvalue weighted by molar-refractivity contribution is -0.144. The van der Waals surface area contributed by atoms with Crippen LogP contribution in [0.15, 0.2) is 53.5 Å². The number of thiophene rings is 1. The molecule has 3 aromatic rings. The first-order chi connectivity index (χ1) is 12.7. The molecule has 0 saturated heterocycles. The lowest BCUT2D eigenvalue weighted by Crippen LogP contribution is -2.07. The highest BCUT2D eigenvalue weighted by Crippen LogP contribution is 2.34. The average Bonchev–Trinajstić information content (AvgIpc) is 3.28. The van der Waals surface area contributed by atoms with Gasteiger partial charge in [-0.3, -0.25) is 0 Å². The Kier molecular flexibility index (Phi) is 6.12. The Hall–Kier alpha value is -2.53. The number of fused-ring (bicyclic) bond motifs is 1. The van der Waals surface area contributed by atoms with Crippen LogP contribution >= 0.6 is 11.3 Å². The summed E-state index contributed by atoms with van der Waals surface area (Å²) in [5, 5.41) is 1.01. The second-order valence-corrected chi connectivity index (χ2v) is 7.13. The Bertz CT molecular complexity index is 890. The number of carbonyl (C=O) groups excluding carboxylic acids is 1. The van der Waals surface area contributed by atoms with Crippen molar-refractivity contribution in [3.05, 3.63) is 53.9 Å². The van der Waals surface area contributed by atoms with Crippen LogP contribution in [0, 0.1) is 0 Å². The SMILES string of the molecule is C=CC(=O)OCOc1ccc2cc(-c3ccc(CCCCC)s3)oc2c1. The highest BCUT2D eigenvalue weighted by Gasteiger charge is 2.10. The monoisotopic (exact) mass is 370 g/mol. The van der Waals surface area contributed by atoms with E-state index >= 15 is 0 Å². The number of hydrogen-bond donors (Lipinski definition) is 0. The zero-order chi connectivity index (χ0) is 18.4. The van der Waals surface area contributed by atoms with Gasteiger partial charge < -0.3 is 13.9 Å². The number of esters is 1. The summed E-state index contributed by atoms with van der Waals surface area (Å²) >= 11 is 1.78. The van der Waals surface area contributed by atoms with Crippen molar-refractivity contribution in [3.8, 4) is 16.4 Å². The normalized spacial score (nSPS) is 10.8. The van der Waals surface area contributed by atoms with Crippen molar-refractivity contribution < 1.29 is 18.7 Å². The van der Waals surface area contributed by atoms with E-state index in [-0.39, 0.29) is 6.79 Å². The van der Waals surface area contributed by atoms with Gasteiger partial charge in [0.2, 0.25) is 6.79 Å². The van der Waals surface area contributed by atoms with Gasteiger partial charge in [-0.1, -0.05) is 26.3 Å². The van der Waals surface area contributed by atoms with Gasteiger partial charge in [0.25, 0.3) is 0 Å². The molecule has 0 N–H and O–H groups in total. The van der Waals surface area contributed by atoms with Crippen LogP contribution in [0.5, 0.6) is 5.75 Å². The second kappa shape index (κ2) is 8.72. The molecule has 0 aliphatic rings. The van der Waals surface area contributed by atoms with Gasteiger partial charge in [0.1, 0.15) is 17.1 Å². The average molecular weight is 370 g/mol. The molecule has 0 spiro atoms. The van der Waals surface area contributed by atoms with Gasteiger partial charge in [-0.2, -0.15) is 0 Å². The minimum absolute atomic E-state index is 0.157. The van der Waals surface area contributed by atoms with Crippen molar-refractivity contribution in [2.24, 2.45) is 0 Å². The molecule has 0 bridgehead atoms. The summed E-state index contributed by atoms with van der Waals surface area (Å²) in [6, 6.07) is 11.9. The highest BCUT2D eigenvalue weighted by atomic mass is 32.1. The van der Waals surface area contributed by atoms with E-state index in [1.54, 1.807) is 17.4 Å². The largest absolute Gasteiger partial charge is 0.457 e. The van der Waals surface area contributed by atoms with Crippen LogP contribution in [0.2, 0.25) is 0 Å². The summed E-state index contributed by atoms with van der Waals surface area (Å²) in [6.45, 7) is 5.40. The lowest BCUT2D eigenvalue weighted by atomic mass is 10.2. The maximum Gasteiger partial charge on any atom is 0.333 e. The first-order valence-electron chi connectivity index (χ1n) is 8.74. The first kappa shape index (κ1) is 18.3. The minimum atomic E-state index is -0.515. The van der Waals surface area contributed by atoms with Gasteiger partial charge in [-0.15, -0.1) is 11.3 Å². The number of benzene rings is 1. The van der Waals surface area contributed by atoms with Crippen LogP contribution in [-0.2, 0) is 16.0 Å². The van der Waals surface area contributed by atoms with Crippen LogP contribution in [0.25, 0.3) is 21.6 Å². The van der Waals surface area contributed by atoms with Gasteiger partial charge in [-0.05, 0) is 43.2 Å². The fourth-order valence-electron chi connectivity index (χ4n) is 2.63. The third kappa shape index (κ3) is 4.55.